The largest absolute Gasteiger partial charge is 0.500 e. The van der Waals surface area contributed by atoms with Crippen LogP contribution in [0.25, 0.3) is 72.1 Å². The van der Waals surface area contributed by atoms with E-state index in [9.17, 15) is 0 Å². The quantitative estimate of drug-likeness (QED) is 0.167. The molecule has 0 fully saturated rings. The van der Waals surface area contributed by atoms with Crippen molar-refractivity contribution in [3.63, 3.8) is 0 Å². The van der Waals surface area contributed by atoms with Crippen molar-refractivity contribution in [2.45, 2.75) is 26.2 Å². The molecule has 9 rings (SSSR count). The molecule has 0 unspecified atom stereocenters. The summed E-state index contributed by atoms with van der Waals surface area (Å²) in [7, 11) is 0. The minimum Gasteiger partial charge on any atom is -0.500 e. The molecule has 5 nitrogen and oxygen atoms in total. The van der Waals surface area contributed by atoms with E-state index in [1.165, 1.54) is 0 Å². The predicted octanol–water partition coefficient (Wildman–Crippen LogP) is 10.8. The van der Waals surface area contributed by atoms with Crippen molar-refractivity contribution in [3.8, 4) is 28.3 Å². The fourth-order valence-electron chi connectivity index (χ4n) is 6.27. The Morgan fingerprint density at radius 2 is 1.41 bits per heavy atom. The van der Waals surface area contributed by atoms with Crippen LogP contribution in [0.1, 0.15) is 26.5 Å². The molecule has 0 N–H and O–H groups in total. The van der Waals surface area contributed by atoms with Crippen LogP contribution in [0, 0.1) is 12.1 Å². The van der Waals surface area contributed by atoms with Gasteiger partial charge in [0.05, 0.1) is 28.1 Å². The number of rotatable bonds is 3. The van der Waals surface area contributed by atoms with Gasteiger partial charge >= 0.3 is 0 Å². The van der Waals surface area contributed by atoms with Gasteiger partial charge in [-0.3, -0.25) is 9.97 Å². The van der Waals surface area contributed by atoms with E-state index in [1.807, 2.05) is 66.9 Å². The molecule has 4 aromatic heterocycles. The third-order valence-corrected chi connectivity index (χ3v) is 8.49. The van der Waals surface area contributed by atoms with Crippen LogP contribution in [0.4, 0.5) is 0 Å². The first-order valence-electron chi connectivity index (χ1n) is 16.0. The van der Waals surface area contributed by atoms with Gasteiger partial charge in [0.1, 0.15) is 5.58 Å². The molecule has 49 heavy (non-hydrogen) atoms. The van der Waals surface area contributed by atoms with Crippen LogP contribution in [0.2, 0.25) is 0 Å². The second-order valence-electron chi connectivity index (χ2n) is 12.7. The number of furan rings is 1. The van der Waals surface area contributed by atoms with Crippen LogP contribution in [0.3, 0.4) is 0 Å². The number of pyridine rings is 2. The molecule has 9 aromatic rings. The summed E-state index contributed by atoms with van der Waals surface area (Å²) in [5, 5.41) is 4.42. The smallest absolute Gasteiger partial charge is 0.128 e. The molecule has 0 amide bonds. The zero-order chi connectivity index (χ0) is 32.7. The molecular weight excluding hydrogens is 781 g/mol. The van der Waals surface area contributed by atoms with Gasteiger partial charge in [0, 0.05) is 54.4 Å². The van der Waals surface area contributed by atoms with Crippen molar-refractivity contribution in [3.05, 3.63) is 158 Å². The van der Waals surface area contributed by atoms with Crippen molar-refractivity contribution >= 4 is 43.7 Å². The third-order valence-electron chi connectivity index (χ3n) is 8.49. The summed E-state index contributed by atoms with van der Waals surface area (Å²) in [5.41, 5.74) is 8.31. The zero-order valence-corrected chi connectivity index (χ0v) is 29.7. The molecule has 0 aliphatic rings. The molecule has 0 aliphatic heterocycles. The summed E-state index contributed by atoms with van der Waals surface area (Å²) in [6.07, 6.45) is 3.67. The van der Waals surface area contributed by atoms with Gasteiger partial charge in [0.15, 0.2) is 0 Å². The second-order valence-corrected chi connectivity index (χ2v) is 12.7. The monoisotopic (exact) mass is 813 g/mol. The number of imidazole rings is 1. The predicted molar refractivity (Wildman–Crippen MR) is 195 cm³/mol. The van der Waals surface area contributed by atoms with Crippen LogP contribution >= 0.6 is 0 Å². The normalized spacial score (nSPS) is 11.4. The minimum atomic E-state index is -0.152. The Morgan fingerprint density at radius 3 is 2.18 bits per heavy atom. The van der Waals surface area contributed by atoms with E-state index in [-0.39, 0.29) is 25.5 Å². The Morgan fingerprint density at radius 1 is 0.633 bits per heavy atom. The van der Waals surface area contributed by atoms with Crippen LogP contribution in [0.15, 0.2) is 144 Å². The molecule has 4 heterocycles. The molecule has 1 radical (unpaired) electrons. The first-order chi connectivity index (χ1) is 23.5. The molecular formula is C43H32IrN4O-2. The number of para-hydroxylation sites is 1. The Kier molecular flexibility index (Phi) is 8.68. The zero-order valence-electron chi connectivity index (χ0n) is 27.3. The number of fused-ring (bicyclic) bond motifs is 6. The molecule has 0 saturated heterocycles. The maximum absolute atomic E-state index is 6.64. The molecule has 0 bridgehead atoms. The molecule has 0 saturated carbocycles. The van der Waals surface area contributed by atoms with E-state index in [0.29, 0.717) is 0 Å². The fraction of sp³-hybridized carbons (Fsp3) is 0.0930. The third kappa shape index (κ3) is 5.95. The van der Waals surface area contributed by atoms with Gasteiger partial charge in [0.2, 0.25) is 0 Å². The van der Waals surface area contributed by atoms with Crippen molar-refractivity contribution in [2.75, 3.05) is 0 Å². The number of benzene rings is 5. The number of nitrogens with zero attached hydrogens (tertiary/aromatic N) is 4. The van der Waals surface area contributed by atoms with Crippen LogP contribution in [-0.4, -0.2) is 19.5 Å². The maximum atomic E-state index is 6.64. The Hall–Kier alpha value is -5.42. The van der Waals surface area contributed by atoms with Crippen molar-refractivity contribution in [1.82, 2.24) is 19.5 Å². The van der Waals surface area contributed by atoms with Gasteiger partial charge in [-0.1, -0.05) is 98.5 Å². The first kappa shape index (κ1) is 32.1. The van der Waals surface area contributed by atoms with E-state index in [2.05, 4.69) is 109 Å². The van der Waals surface area contributed by atoms with E-state index in [0.717, 1.165) is 77.8 Å². The average Bonchev–Trinajstić information content (AvgIpc) is 3.72. The molecule has 6 heteroatoms. The summed E-state index contributed by atoms with van der Waals surface area (Å²) >= 11 is 0. The molecule has 5 aromatic carbocycles. The Bertz CT molecular complexity index is 2500. The van der Waals surface area contributed by atoms with E-state index >= 15 is 0 Å². The minimum absolute atomic E-state index is 0. The fourth-order valence-corrected chi connectivity index (χ4v) is 6.27. The van der Waals surface area contributed by atoms with E-state index < -0.39 is 0 Å². The Labute approximate surface area is 298 Å². The van der Waals surface area contributed by atoms with Gasteiger partial charge in [-0.15, -0.1) is 54.1 Å². The molecule has 0 atom stereocenters. The van der Waals surface area contributed by atoms with Gasteiger partial charge in [-0.05, 0) is 35.3 Å². The summed E-state index contributed by atoms with van der Waals surface area (Å²) < 4.78 is 8.83. The molecule has 241 valence electrons. The van der Waals surface area contributed by atoms with Gasteiger partial charge in [0.25, 0.3) is 0 Å². The second kappa shape index (κ2) is 13.2. The Balaban J connectivity index is 0.000000246. The summed E-state index contributed by atoms with van der Waals surface area (Å²) in [5.74, 6) is 0.795. The van der Waals surface area contributed by atoms with Crippen molar-refractivity contribution in [2.24, 2.45) is 0 Å². The van der Waals surface area contributed by atoms with Crippen LogP contribution in [-0.2, 0) is 25.5 Å². The first-order valence-corrected chi connectivity index (χ1v) is 16.0. The topological polar surface area (TPSA) is 56.7 Å². The van der Waals surface area contributed by atoms with Crippen molar-refractivity contribution in [1.29, 1.82) is 0 Å². The van der Waals surface area contributed by atoms with E-state index in [4.69, 9.17) is 14.4 Å². The van der Waals surface area contributed by atoms with Gasteiger partial charge in [-0.25, -0.2) is 0 Å². The molecule has 0 aliphatic carbocycles. The maximum Gasteiger partial charge on any atom is 0.128 e. The van der Waals surface area contributed by atoms with Crippen LogP contribution < -0.4 is 0 Å². The van der Waals surface area contributed by atoms with Gasteiger partial charge in [-0.2, -0.15) is 0 Å². The number of aromatic nitrogens is 4. The standard InChI is InChI=1S/C32H24N3O.C11H8N.Ir/c1-32(2,3)30-27-26(18-19-33-30)35(21-11-5-4-6-12-21)31(34-27)25-15-9-14-23-24-17-16-20-10-7-8-13-22(20)28(24)36-29(23)25;1-2-6-10(7-3-1)11-8-4-5-9-12-11;/h4-14,16-19H,1-3H3;1-6,8-9H;/q2*-1;. The summed E-state index contributed by atoms with van der Waals surface area (Å²) in [6.45, 7) is 6.52. The average molecular weight is 813 g/mol. The van der Waals surface area contributed by atoms with E-state index in [1.54, 1.807) is 6.20 Å². The number of hydrogen-bond donors (Lipinski definition) is 0. The number of hydrogen-bond acceptors (Lipinski definition) is 4. The summed E-state index contributed by atoms with van der Waals surface area (Å²) in [4.78, 5) is 14.2. The SMILES string of the molecule is CC(C)(C)c1nccc2c1nc(-c1[c-]ccc3c1oc1c4ccccc4ccc31)n2-c1ccccc1.[Ir].[c-]1ccccc1-c1ccccn1. The van der Waals surface area contributed by atoms with Gasteiger partial charge < -0.3 is 14.0 Å². The van der Waals surface area contributed by atoms with Crippen LogP contribution in [0.5, 0.6) is 0 Å². The summed E-state index contributed by atoms with van der Waals surface area (Å²) in [6, 6.07) is 49.4. The van der Waals surface area contributed by atoms with Crippen molar-refractivity contribution < 1.29 is 24.5 Å². The molecule has 0 spiro atoms.